The van der Waals surface area contributed by atoms with E-state index in [1.165, 1.54) is 0 Å². The first-order chi connectivity index (χ1) is 4.68. The monoisotopic (exact) mass is 144 g/mol. The lowest BCUT2D eigenvalue weighted by Crippen LogP contribution is -2.07. The number of methoxy groups -OCH3 is 1. The third-order valence-corrected chi connectivity index (χ3v) is 1.42. The van der Waals surface area contributed by atoms with Crippen molar-refractivity contribution >= 4 is 5.78 Å². The molecule has 0 aliphatic carbocycles. The second-order valence-corrected chi connectivity index (χ2v) is 2.72. The zero-order valence-corrected chi connectivity index (χ0v) is 7.02. The summed E-state index contributed by atoms with van der Waals surface area (Å²) < 4.78 is 4.82. The van der Waals surface area contributed by atoms with Gasteiger partial charge in [-0.1, -0.05) is 13.8 Å². The van der Waals surface area contributed by atoms with Crippen molar-refractivity contribution in [3.05, 3.63) is 0 Å². The maximum Gasteiger partial charge on any atom is 0.135 e. The molecule has 0 saturated heterocycles. The van der Waals surface area contributed by atoms with Crippen molar-refractivity contribution in [3.63, 3.8) is 0 Å². The van der Waals surface area contributed by atoms with E-state index in [0.29, 0.717) is 18.8 Å². The fraction of sp³-hybridized carbons (Fsp3) is 0.875. The summed E-state index contributed by atoms with van der Waals surface area (Å²) in [7, 11) is 1.65. The predicted octanol–water partition coefficient (Wildman–Crippen LogP) is 1.64. The first kappa shape index (κ1) is 9.63. The molecule has 0 aromatic carbocycles. The van der Waals surface area contributed by atoms with Crippen molar-refractivity contribution in [2.75, 3.05) is 13.7 Å². The predicted molar refractivity (Wildman–Crippen MR) is 41.0 cm³/mol. The molecule has 2 heteroatoms. The first-order valence-electron chi connectivity index (χ1n) is 3.70. The molecule has 0 fully saturated rings. The number of carbonyl (C=O) groups excluding carboxylic acids is 1. The molecule has 0 aromatic heterocycles. The van der Waals surface area contributed by atoms with Gasteiger partial charge in [0.1, 0.15) is 5.78 Å². The molecule has 2 nitrogen and oxygen atoms in total. The molecule has 0 aliphatic rings. The highest BCUT2D eigenvalue weighted by Crippen LogP contribution is 2.01. The average molecular weight is 144 g/mol. The Balaban J connectivity index is 3.22. The summed E-state index contributed by atoms with van der Waals surface area (Å²) in [6.07, 6.45) is 1.51. The number of Topliss-reactive ketones (excluding diaryl/α,β-unsaturated/α-hetero) is 1. The van der Waals surface area contributed by atoms with Crippen molar-refractivity contribution in [1.82, 2.24) is 0 Å². The van der Waals surface area contributed by atoms with Gasteiger partial charge in [0.25, 0.3) is 0 Å². The van der Waals surface area contributed by atoms with E-state index >= 15 is 0 Å². The van der Waals surface area contributed by atoms with Crippen LogP contribution in [0.5, 0.6) is 0 Å². The fourth-order valence-electron chi connectivity index (χ4n) is 0.679. The number of carbonyl (C=O) groups is 1. The normalized spacial score (nSPS) is 10.4. The minimum Gasteiger partial charge on any atom is -0.385 e. The van der Waals surface area contributed by atoms with Gasteiger partial charge < -0.3 is 4.74 Å². The Hall–Kier alpha value is -0.370. The van der Waals surface area contributed by atoms with Crippen LogP contribution in [0.15, 0.2) is 0 Å². The zero-order chi connectivity index (χ0) is 7.98. The van der Waals surface area contributed by atoms with Crippen molar-refractivity contribution in [1.29, 1.82) is 0 Å². The summed E-state index contributed by atoms with van der Waals surface area (Å²) in [5.41, 5.74) is 0. The fourth-order valence-corrected chi connectivity index (χ4v) is 0.679. The number of ketones is 1. The number of hydrogen-bond acceptors (Lipinski definition) is 2. The second-order valence-electron chi connectivity index (χ2n) is 2.72. The minimum atomic E-state index is 0.178. The maximum absolute atomic E-state index is 11.0. The molecular weight excluding hydrogens is 128 g/mol. The van der Waals surface area contributed by atoms with Gasteiger partial charge in [-0.2, -0.15) is 0 Å². The van der Waals surface area contributed by atoms with E-state index in [9.17, 15) is 4.79 Å². The molecular formula is C8H16O2. The van der Waals surface area contributed by atoms with E-state index in [0.717, 1.165) is 6.42 Å². The summed E-state index contributed by atoms with van der Waals surface area (Å²) >= 11 is 0. The average Bonchev–Trinajstić information content (AvgIpc) is 1.88. The van der Waals surface area contributed by atoms with E-state index in [-0.39, 0.29) is 5.92 Å². The lowest BCUT2D eigenvalue weighted by atomic mass is 10.1. The Morgan fingerprint density at radius 3 is 2.50 bits per heavy atom. The van der Waals surface area contributed by atoms with Crippen LogP contribution in [0.25, 0.3) is 0 Å². The van der Waals surface area contributed by atoms with E-state index in [1.807, 2.05) is 13.8 Å². The van der Waals surface area contributed by atoms with Crippen LogP contribution in [0.1, 0.15) is 26.7 Å². The van der Waals surface area contributed by atoms with Gasteiger partial charge in [0.15, 0.2) is 0 Å². The molecule has 0 N–H and O–H groups in total. The van der Waals surface area contributed by atoms with Crippen LogP contribution in [-0.2, 0) is 9.53 Å². The molecule has 0 aromatic rings. The van der Waals surface area contributed by atoms with Gasteiger partial charge in [-0.15, -0.1) is 0 Å². The highest BCUT2D eigenvalue weighted by Gasteiger charge is 2.05. The standard InChI is InChI=1S/C8H16O2/c1-7(2)8(9)5-4-6-10-3/h7H,4-6H2,1-3H3. The van der Waals surface area contributed by atoms with Gasteiger partial charge in [0.2, 0.25) is 0 Å². The Labute approximate surface area is 62.6 Å². The highest BCUT2D eigenvalue weighted by atomic mass is 16.5. The van der Waals surface area contributed by atoms with E-state index in [2.05, 4.69) is 0 Å². The summed E-state index contributed by atoms with van der Waals surface area (Å²) in [5, 5.41) is 0. The van der Waals surface area contributed by atoms with Crippen molar-refractivity contribution < 1.29 is 9.53 Å². The molecule has 0 aliphatic heterocycles. The summed E-state index contributed by atoms with van der Waals surface area (Å²) in [4.78, 5) is 11.0. The Bertz CT molecular complexity index is 97.4. The number of hydrogen-bond donors (Lipinski definition) is 0. The molecule has 0 heterocycles. The summed E-state index contributed by atoms with van der Waals surface area (Å²) in [6, 6.07) is 0. The molecule has 0 atom stereocenters. The van der Waals surface area contributed by atoms with Gasteiger partial charge in [-0.05, 0) is 6.42 Å². The molecule has 0 bridgehead atoms. The van der Waals surface area contributed by atoms with Crippen LogP contribution in [0, 0.1) is 5.92 Å². The lowest BCUT2D eigenvalue weighted by Gasteiger charge is -2.01. The van der Waals surface area contributed by atoms with Crippen molar-refractivity contribution in [2.45, 2.75) is 26.7 Å². The summed E-state index contributed by atoms with van der Waals surface area (Å²) in [6.45, 7) is 4.54. The Kier molecular flexibility index (Phi) is 5.22. The largest absolute Gasteiger partial charge is 0.385 e. The molecule has 0 rings (SSSR count). The minimum absolute atomic E-state index is 0.178. The SMILES string of the molecule is COCCCC(=O)C(C)C. The van der Waals surface area contributed by atoms with E-state index < -0.39 is 0 Å². The molecule has 0 radical (unpaired) electrons. The molecule has 60 valence electrons. The van der Waals surface area contributed by atoms with Crippen LogP contribution < -0.4 is 0 Å². The maximum atomic E-state index is 11.0. The Morgan fingerprint density at radius 2 is 2.10 bits per heavy atom. The second kappa shape index (κ2) is 5.42. The molecule has 0 unspecified atom stereocenters. The van der Waals surface area contributed by atoms with Gasteiger partial charge >= 0.3 is 0 Å². The van der Waals surface area contributed by atoms with Crippen LogP contribution in [0.3, 0.4) is 0 Å². The molecule has 10 heavy (non-hydrogen) atoms. The van der Waals surface area contributed by atoms with Gasteiger partial charge in [0, 0.05) is 26.1 Å². The van der Waals surface area contributed by atoms with Crippen molar-refractivity contribution in [3.8, 4) is 0 Å². The van der Waals surface area contributed by atoms with Crippen molar-refractivity contribution in [2.24, 2.45) is 5.92 Å². The number of rotatable bonds is 5. The van der Waals surface area contributed by atoms with Crippen LogP contribution in [0.2, 0.25) is 0 Å². The third-order valence-electron chi connectivity index (χ3n) is 1.42. The number of ether oxygens (including phenoxy) is 1. The van der Waals surface area contributed by atoms with Gasteiger partial charge in [0.05, 0.1) is 0 Å². The third kappa shape index (κ3) is 4.50. The highest BCUT2D eigenvalue weighted by molar-refractivity contribution is 5.80. The first-order valence-corrected chi connectivity index (χ1v) is 3.70. The topological polar surface area (TPSA) is 26.3 Å². The molecule has 0 saturated carbocycles. The van der Waals surface area contributed by atoms with Crippen LogP contribution in [0.4, 0.5) is 0 Å². The van der Waals surface area contributed by atoms with Gasteiger partial charge in [-0.25, -0.2) is 0 Å². The lowest BCUT2D eigenvalue weighted by molar-refractivity contribution is -0.122. The Morgan fingerprint density at radius 1 is 1.50 bits per heavy atom. The quantitative estimate of drug-likeness (QED) is 0.548. The molecule has 0 spiro atoms. The van der Waals surface area contributed by atoms with Gasteiger partial charge in [-0.3, -0.25) is 4.79 Å². The van der Waals surface area contributed by atoms with Crippen LogP contribution >= 0.6 is 0 Å². The molecule has 0 amide bonds. The van der Waals surface area contributed by atoms with E-state index in [4.69, 9.17) is 4.74 Å². The zero-order valence-electron chi connectivity index (χ0n) is 7.02. The van der Waals surface area contributed by atoms with E-state index in [1.54, 1.807) is 7.11 Å². The smallest absolute Gasteiger partial charge is 0.135 e. The summed E-state index contributed by atoms with van der Waals surface area (Å²) in [5.74, 6) is 0.508. The van der Waals surface area contributed by atoms with Crippen LogP contribution in [-0.4, -0.2) is 19.5 Å².